The molecule has 10 heteroatoms. The van der Waals surface area contributed by atoms with E-state index in [2.05, 4.69) is 5.32 Å². The van der Waals surface area contributed by atoms with Crippen LogP contribution in [0.1, 0.15) is 38.3 Å². The molecule has 2 aromatic rings. The number of amides is 2. The van der Waals surface area contributed by atoms with Crippen LogP contribution in [0.5, 0.6) is 34.5 Å². The van der Waals surface area contributed by atoms with Crippen LogP contribution in [0, 0.1) is 0 Å². The van der Waals surface area contributed by atoms with Crippen molar-refractivity contribution < 1.29 is 38.4 Å². The van der Waals surface area contributed by atoms with Gasteiger partial charge < -0.3 is 39.0 Å². The van der Waals surface area contributed by atoms with E-state index in [1.807, 2.05) is 0 Å². The van der Waals surface area contributed by atoms with Crippen LogP contribution in [-0.2, 0) is 13.0 Å². The molecule has 2 amide bonds. The van der Waals surface area contributed by atoms with Gasteiger partial charge in [0.2, 0.25) is 18.3 Å². The molecule has 3 heterocycles. The average molecular weight is 456 g/mol. The van der Waals surface area contributed by atoms with E-state index in [0.717, 1.165) is 6.42 Å². The second kappa shape index (κ2) is 8.27. The zero-order valence-electron chi connectivity index (χ0n) is 18.4. The average Bonchev–Trinajstić information content (AvgIpc) is 3.19. The SMILES string of the molecule is COc1cc(C(=O)NCc2c3c(c(O)c4c2OCO4)C(=O)N(C)CC3)cc2c1OCCCO2. The van der Waals surface area contributed by atoms with Crippen LogP contribution in [0.4, 0.5) is 0 Å². The van der Waals surface area contributed by atoms with Crippen molar-refractivity contribution in [2.75, 3.05) is 40.7 Å². The maximum Gasteiger partial charge on any atom is 0.257 e. The van der Waals surface area contributed by atoms with E-state index in [1.165, 1.54) is 12.0 Å². The third kappa shape index (κ3) is 3.51. The second-order valence-corrected chi connectivity index (χ2v) is 7.96. The maximum atomic E-state index is 13.0. The Morgan fingerprint density at radius 3 is 2.76 bits per heavy atom. The molecule has 0 atom stereocenters. The molecule has 0 bridgehead atoms. The molecule has 3 aliphatic heterocycles. The van der Waals surface area contributed by atoms with Gasteiger partial charge in [-0.2, -0.15) is 0 Å². The molecule has 0 unspecified atom stereocenters. The fourth-order valence-corrected chi connectivity index (χ4v) is 4.28. The van der Waals surface area contributed by atoms with Gasteiger partial charge in [-0.1, -0.05) is 0 Å². The maximum absolute atomic E-state index is 13.0. The Hall–Kier alpha value is -3.82. The Bertz CT molecular complexity index is 1150. The third-order valence-electron chi connectivity index (χ3n) is 5.98. The monoisotopic (exact) mass is 456 g/mol. The second-order valence-electron chi connectivity index (χ2n) is 7.96. The summed E-state index contributed by atoms with van der Waals surface area (Å²) >= 11 is 0. The summed E-state index contributed by atoms with van der Waals surface area (Å²) in [5, 5.41) is 13.5. The van der Waals surface area contributed by atoms with Gasteiger partial charge in [0, 0.05) is 37.7 Å². The van der Waals surface area contributed by atoms with Crippen molar-refractivity contribution in [1.82, 2.24) is 10.2 Å². The molecule has 0 radical (unpaired) electrons. The first-order chi connectivity index (χ1) is 16.0. The van der Waals surface area contributed by atoms with Gasteiger partial charge in [0.1, 0.15) is 0 Å². The summed E-state index contributed by atoms with van der Waals surface area (Å²) in [6.07, 6.45) is 1.25. The zero-order chi connectivity index (χ0) is 23.1. The number of phenols is 1. The van der Waals surface area contributed by atoms with Gasteiger partial charge in [0.25, 0.3) is 11.8 Å². The van der Waals surface area contributed by atoms with Crippen LogP contribution in [-0.4, -0.2) is 62.5 Å². The van der Waals surface area contributed by atoms with Gasteiger partial charge in [0.05, 0.1) is 25.9 Å². The largest absolute Gasteiger partial charge is 0.504 e. The van der Waals surface area contributed by atoms with E-state index in [1.54, 1.807) is 19.2 Å². The summed E-state index contributed by atoms with van der Waals surface area (Å²) in [5.74, 6) is 0.920. The number of rotatable bonds is 4. The number of fused-ring (bicyclic) bond motifs is 3. The molecule has 2 aromatic carbocycles. The summed E-state index contributed by atoms with van der Waals surface area (Å²) < 4.78 is 27.8. The lowest BCUT2D eigenvalue weighted by atomic mass is 9.91. The van der Waals surface area contributed by atoms with Crippen molar-refractivity contribution in [2.24, 2.45) is 0 Å². The van der Waals surface area contributed by atoms with Crippen molar-refractivity contribution >= 4 is 11.8 Å². The van der Waals surface area contributed by atoms with Gasteiger partial charge in [-0.05, 0) is 24.1 Å². The normalized spacial score (nSPS) is 16.2. The Balaban J connectivity index is 1.46. The number of benzene rings is 2. The van der Waals surface area contributed by atoms with E-state index in [0.29, 0.717) is 65.9 Å². The lowest BCUT2D eigenvalue weighted by Gasteiger charge is -2.28. The lowest BCUT2D eigenvalue weighted by molar-refractivity contribution is 0.0776. The Morgan fingerprint density at radius 1 is 1.15 bits per heavy atom. The highest BCUT2D eigenvalue weighted by atomic mass is 16.7. The van der Waals surface area contributed by atoms with Crippen LogP contribution in [0.25, 0.3) is 0 Å². The van der Waals surface area contributed by atoms with Crippen LogP contribution < -0.4 is 29.0 Å². The molecule has 0 saturated heterocycles. The molecule has 2 N–H and O–H groups in total. The fourth-order valence-electron chi connectivity index (χ4n) is 4.28. The van der Waals surface area contributed by atoms with E-state index in [9.17, 15) is 14.7 Å². The molecule has 3 aliphatic rings. The summed E-state index contributed by atoms with van der Waals surface area (Å²) in [4.78, 5) is 27.3. The number of aromatic hydroxyl groups is 1. The minimum Gasteiger partial charge on any atom is -0.504 e. The van der Waals surface area contributed by atoms with Crippen molar-refractivity contribution in [3.63, 3.8) is 0 Å². The fraction of sp³-hybridized carbons (Fsp3) is 0.391. The van der Waals surface area contributed by atoms with Crippen molar-refractivity contribution in [3.05, 3.63) is 34.4 Å². The van der Waals surface area contributed by atoms with E-state index >= 15 is 0 Å². The number of likely N-dealkylation sites (N-methyl/N-ethyl adjacent to an activating group) is 1. The predicted molar refractivity (Wildman–Crippen MR) is 115 cm³/mol. The molecule has 10 nitrogen and oxygen atoms in total. The van der Waals surface area contributed by atoms with E-state index in [4.69, 9.17) is 23.7 Å². The lowest BCUT2D eigenvalue weighted by Crippen LogP contribution is -2.35. The van der Waals surface area contributed by atoms with Gasteiger partial charge in [0.15, 0.2) is 23.0 Å². The summed E-state index contributed by atoms with van der Waals surface area (Å²) in [6.45, 7) is 1.48. The molecular formula is C23H24N2O8. The van der Waals surface area contributed by atoms with Gasteiger partial charge >= 0.3 is 0 Å². The summed E-state index contributed by atoms with van der Waals surface area (Å²) in [7, 11) is 3.18. The van der Waals surface area contributed by atoms with E-state index in [-0.39, 0.29) is 42.2 Å². The molecular weight excluding hydrogens is 432 g/mol. The first kappa shape index (κ1) is 21.0. The van der Waals surface area contributed by atoms with Crippen molar-refractivity contribution in [2.45, 2.75) is 19.4 Å². The number of nitrogens with zero attached hydrogens (tertiary/aromatic N) is 1. The number of carbonyl (C=O) groups is 2. The third-order valence-corrected chi connectivity index (χ3v) is 5.98. The molecule has 174 valence electrons. The Morgan fingerprint density at radius 2 is 1.94 bits per heavy atom. The zero-order valence-corrected chi connectivity index (χ0v) is 18.4. The highest BCUT2D eigenvalue weighted by molar-refractivity contribution is 6.01. The first-order valence-electron chi connectivity index (χ1n) is 10.7. The highest BCUT2D eigenvalue weighted by Crippen LogP contribution is 2.49. The molecule has 0 saturated carbocycles. The van der Waals surface area contributed by atoms with Gasteiger partial charge in [-0.15, -0.1) is 0 Å². The van der Waals surface area contributed by atoms with Crippen LogP contribution in [0.15, 0.2) is 12.1 Å². The highest BCUT2D eigenvalue weighted by Gasteiger charge is 2.35. The number of ether oxygens (including phenoxy) is 5. The number of carbonyl (C=O) groups excluding carboxylic acids is 2. The summed E-state index contributed by atoms with van der Waals surface area (Å²) in [5.41, 5.74) is 1.80. The minimum atomic E-state index is -0.363. The predicted octanol–water partition coefficient (Wildman–Crippen LogP) is 1.85. The molecule has 0 aliphatic carbocycles. The summed E-state index contributed by atoms with van der Waals surface area (Å²) in [6, 6.07) is 3.21. The van der Waals surface area contributed by atoms with Crippen LogP contribution in [0.2, 0.25) is 0 Å². The first-order valence-corrected chi connectivity index (χ1v) is 10.7. The molecule has 0 spiro atoms. The molecule has 5 rings (SSSR count). The molecule has 33 heavy (non-hydrogen) atoms. The quantitative estimate of drug-likeness (QED) is 0.716. The van der Waals surface area contributed by atoms with E-state index < -0.39 is 0 Å². The number of hydrogen-bond acceptors (Lipinski definition) is 8. The van der Waals surface area contributed by atoms with Crippen molar-refractivity contribution in [3.8, 4) is 34.5 Å². The Labute approximate surface area is 189 Å². The van der Waals surface area contributed by atoms with Crippen LogP contribution in [0.3, 0.4) is 0 Å². The standard InChI is InChI=1S/C23H24N2O8/c1-25-5-4-13-14(19-21(33-11-32-19)18(26)17(13)23(25)28)10-24-22(27)12-8-15(29-2)20-16(9-12)30-6-3-7-31-20/h8-9,26H,3-7,10-11H2,1-2H3,(H,24,27). The van der Waals surface area contributed by atoms with Gasteiger partial charge in [-0.25, -0.2) is 0 Å². The number of nitrogens with one attached hydrogen (secondary N) is 1. The number of hydrogen-bond donors (Lipinski definition) is 2. The minimum absolute atomic E-state index is 0.0733. The van der Waals surface area contributed by atoms with Crippen LogP contribution >= 0.6 is 0 Å². The smallest absolute Gasteiger partial charge is 0.257 e. The molecule has 0 aromatic heterocycles. The number of methoxy groups -OCH3 is 1. The van der Waals surface area contributed by atoms with Crippen molar-refractivity contribution in [1.29, 1.82) is 0 Å². The molecule has 0 fully saturated rings. The Kier molecular flexibility index (Phi) is 5.27. The van der Waals surface area contributed by atoms with Gasteiger partial charge in [-0.3, -0.25) is 9.59 Å². The topological polar surface area (TPSA) is 116 Å². The number of phenolic OH excluding ortho intramolecular Hbond substituents is 1.